The topological polar surface area (TPSA) is 87.4 Å². The predicted molar refractivity (Wildman–Crippen MR) is 55.8 cm³/mol. The molecule has 5 nitrogen and oxygen atoms in total. The lowest BCUT2D eigenvalue weighted by atomic mass is 10.1. The molecule has 0 bridgehead atoms. The maximum absolute atomic E-state index is 10.4. The number of nitrogens with two attached hydrogens (primary N) is 1. The average Bonchev–Trinajstić information content (AvgIpc) is 2.01. The molecule has 0 aromatic rings. The van der Waals surface area contributed by atoms with E-state index in [0.717, 1.165) is 6.54 Å². The van der Waals surface area contributed by atoms with Gasteiger partial charge < -0.3 is 21.5 Å². The minimum atomic E-state index is -1.09. The normalized spacial score (nSPS) is 14.0. The summed E-state index contributed by atoms with van der Waals surface area (Å²) in [5, 5.41) is 15.2. The van der Waals surface area contributed by atoms with Gasteiger partial charge in [-0.2, -0.15) is 0 Å². The Bertz CT molecular complexity index is 177. The lowest BCUT2D eigenvalue weighted by Crippen LogP contribution is -2.43. The lowest BCUT2D eigenvalue weighted by Gasteiger charge is -2.20. The van der Waals surface area contributed by atoms with Crippen molar-refractivity contribution in [2.24, 2.45) is 5.73 Å². The Labute approximate surface area is 85.1 Å². The third-order valence-corrected chi connectivity index (χ3v) is 1.62. The molecule has 0 aromatic carbocycles. The van der Waals surface area contributed by atoms with E-state index in [1.165, 1.54) is 0 Å². The van der Waals surface area contributed by atoms with Crippen LogP contribution in [0.5, 0.6) is 0 Å². The fourth-order valence-electron chi connectivity index (χ4n) is 0.865. The molecule has 0 aliphatic heterocycles. The van der Waals surface area contributed by atoms with Crippen molar-refractivity contribution in [3.8, 4) is 0 Å². The van der Waals surface area contributed by atoms with E-state index in [1.54, 1.807) is 0 Å². The van der Waals surface area contributed by atoms with Crippen LogP contribution >= 0.6 is 0 Å². The number of nitrogens with one attached hydrogen (secondary N) is 2. The van der Waals surface area contributed by atoms with E-state index in [0.29, 0.717) is 6.54 Å². The molecule has 0 aliphatic rings. The molecule has 0 heterocycles. The molecule has 0 fully saturated rings. The van der Waals surface area contributed by atoms with Crippen molar-refractivity contribution in [2.75, 3.05) is 19.6 Å². The number of rotatable bonds is 6. The molecule has 0 aromatic heterocycles. The minimum Gasteiger partial charge on any atom is -0.382 e. The molecule has 0 saturated carbocycles. The number of carbonyl (C=O) groups excluding carboxylic acids is 1. The van der Waals surface area contributed by atoms with E-state index >= 15 is 0 Å². The van der Waals surface area contributed by atoms with Crippen molar-refractivity contribution < 1.29 is 9.90 Å². The number of hydrogen-bond donors (Lipinski definition) is 4. The van der Waals surface area contributed by atoms with Gasteiger partial charge in [-0.1, -0.05) is 0 Å². The molecule has 0 aliphatic carbocycles. The predicted octanol–water partition coefficient (Wildman–Crippen LogP) is -1.19. The zero-order valence-electron chi connectivity index (χ0n) is 9.13. The maximum Gasteiger partial charge on any atom is 0.247 e. The summed E-state index contributed by atoms with van der Waals surface area (Å²) in [6.45, 7) is 7.92. The molecule has 0 radical (unpaired) electrons. The molecule has 1 atom stereocenters. The van der Waals surface area contributed by atoms with Gasteiger partial charge in [0.05, 0.1) is 0 Å². The lowest BCUT2D eigenvalue weighted by molar-refractivity contribution is -0.125. The molecular weight excluding hydrogens is 182 g/mol. The molecule has 1 amide bonds. The van der Waals surface area contributed by atoms with Crippen LogP contribution in [0.25, 0.3) is 0 Å². The quantitative estimate of drug-likeness (QED) is 0.409. The van der Waals surface area contributed by atoms with Crippen LogP contribution in [0.4, 0.5) is 0 Å². The van der Waals surface area contributed by atoms with Crippen molar-refractivity contribution in [1.29, 1.82) is 0 Å². The fourth-order valence-corrected chi connectivity index (χ4v) is 0.865. The van der Waals surface area contributed by atoms with Gasteiger partial charge in [0.15, 0.2) is 0 Å². The van der Waals surface area contributed by atoms with Crippen molar-refractivity contribution in [1.82, 2.24) is 10.6 Å². The second-order valence-electron chi connectivity index (χ2n) is 4.30. The number of aliphatic hydroxyl groups is 1. The summed E-state index contributed by atoms with van der Waals surface area (Å²) in [4.78, 5) is 10.4. The second-order valence-corrected chi connectivity index (χ2v) is 4.30. The first-order valence-corrected chi connectivity index (χ1v) is 4.76. The van der Waals surface area contributed by atoms with Gasteiger partial charge in [0.25, 0.3) is 0 Å². The second kappa shape index (κ2) is 5.95. The van der Waals surface area contributed by atoms with Gasteiger partial charge in [-0.3, -0.25) is 4.79 Å². The number of primary amides is 1. The van der Waals surface area contributed by atoms with Crippen LogP contribution in [0.15, 0.2) is 0 Å². The van der Waals surface area contributed by atoms with Crippen LogP contribution in [0.2, 0.25) is 0 Å². The summed E-state index contributed by atoms with van der Waals surface area (Å²) in [7, 11) is 0. The van der Waals surface area contributed by atoms with E-state index in [4.69, 9.17) is 10.8 Å². The van der Waals surface area contributed by atoms with Gasteiger partial charge in [-0.15, -0.1) is 0 Å². The summed E-state index contributed by atoms with van der Waals surface area (Å²) in [5.41, 5.74) is 4.96. The summed E-state index contributed by atoms with van der Waals surface area (Å²) in [6, 6.07) is 0. The number of aliphatic hydroxyl groups excluding tert-OH is 1. The smallest absolute Gasteiger partial charge is 0.247 e. The SMILES string of the molecule is CC(C)(C)NCCNCC(O)C(N)=O. The van der Waals surface area contributed by atoms with Gasteiger partial charge >= 0.3 is 0 Å². The van der Waals surface area contributed by atoms with Crippen molar-refractivity contribution in [3.05, 3.63) is 0 Å². The first-order chi connectivity index (χ1) is 6.33. The van der Waals surface area contributed by atoms with Gasteiger partial charge in [0, 0.05) is 25.2 Å². The van der Waals surface area contributed by atoms with E-state index in [9.17, 15) is 4.79 Å². The van der Waals surface area contributed by atoms with Gasteiger partial charge in [-0.05, 0) is 20.8 Å². The van der Waals surface area contributed by atoms with Crippen LogP contribution in [0.1, 0.15) is 20.8 Å². The third kappa shape index (κ3) is 7.97. The van der Waals surface area contributed by atoms with E-state index < -0.39 is 12.0 Å². The van der Waals surface area contributed by atoms with E-state index in [2.05, 4.69) is 31.4 Å². The number of hydrogen-bond acceptors (Lipinski definition) is 4. The molecule has 84 valence electrons. The van der Waals surface area contributed by atoms with Crippen LogP contribution in [0, 0.1) is 0 Å². The average molecular weight is 203 g/mol. The molecule has 5 heteroatoms. The zero-order chi connectivity index (χ0) is 11.2. The van der Waals surface area contributed by atoms with E-state index in [-0.39, 0.29) is 12.1 Å². The summed E-state index contributed by atoms with van der Waals surface area (Å²) >= 11 is 0. The van der Waals surface area contributed by atoms with Crippen molar-refractivity contribution in [2.45, 2.75) is 32.4 Å². The van der Waals surface area contributed by atoms with Crippen LogP contribution in [-0.2, 0) is 4.79 Å². The van der Waals surface area contributed by atoms with Crippen LogP contribution in [0.3, 0.4) is 0 Å². The molecule has 1 unspecified atom stereocenters. The molecule has 0 spiro atoms. The standard InChI is InChI=1S/C9H21N3O2/c1-9(2,3)12-5-4-11-6-7(13)8(10)14/h7,11-13H,4-6H2,1-3H3,(H2,10,14). The number of amides is 1. The Morgan fingerprint density at radius 1 is 1.43 bits per heavy atom. The van der Waals surface area contributed by atoms with E-state index in [1.807, 2.05) is 0 Å². The molecular formula is C9H21N3O2. The highest BCUT2D eigenvalue weighted by atomic mass is 16.3. The molecule has 0 saturated heterocycles. The molecule has 14 heavy (non-hydrogen) atoms. The van der Waals surface area contributed by atoms with Gasteiger partial charge in [-0.25, -0.2) is 0 Å². The highest BCUT2D eigenvalue weighted by molar-refractivity contribution is 5.78. The largest absolute Gasteiger partial charge is 0.382 e. The van der Waals surface area contributed by atoms with Crippen LogP contribution in [-0.4, -0.2) is 42.3 Å². The Morgan fingerprint density at radius 2 is 2.00 bits per heavy atom. The molecule has 5 N–H and O–H groups in total. The van der Waals surface area contributed by atoms with Gasteiger partial charge in [0.2, 0.25) is 5.91 Å². The third-order valence-electron chi connectivity index (χ3n) is 1.62. The number of carbonyl (C=O) groups is 1. The minimum absolute atomic E-state index is 0.0873. The summed E-state index contributed by atoms with van der Waals surface area (Å²) < 4.78 is 0. The Balaban J connectivity index is 3.35. The summed E-state index contributed by atoms with van der Waals surface area (Å²) in [5.74, 6) is -0.693. The highest BCUT2D eigenvalue weighted by Crippen LogP contribution is 1.96. The fraction of sp³-hybridized carbons (Fsp3) is 0.889. The maximum atomic E-state index is 10.4. The molecule has 0 rings (SSSR count). The van der Waals surface area contributed by atoms with Crippen molar-refractivity contribution >= 4 is 5.91 Å². The first-order valence-electron chi connectivity index (χ1n) is 4.76. The van der Waals surface area contributed by atoms with Crippen molar-refractivity contribution in [3.63, 3.8) is 0 Å². The zero-order valence-corrected chi connectivity index (χ0v) is 9.13. The summed E-state index contributed by atoms with van der Waals surface area (Å²) in [6.07, 6.45) is -1.09. The Morgan fingerprint density at radius 3 is 2.43 bits per heavy atom. The Kier molecular flexibility index (Phi) is 5.68. The Hall–Kier alpha value is -0.650. The monoisotopic (exact) mass is 203 g/mol. The van der Waals surface area contributed by atoms with Crippen LogP contribution < -0.4 is 16.4 Å². The van der Waals surface area contributed by atoms with Gasteiger partial charge in [0.1, 0.15) is 6.10 Å². The first kappa shape index (κ1) is 13.4. The highest BCUT2D eigenvalue weighted by Gasteiger charge is 2.10.